The van der Waals surface area contributed by atoms with E-state index in [0.29, 0.717) is 11.8 Å². The third-order valence-electron chi connectivity index (χ3n) is 1.86. The molecule has 0 aromatic heterocycles. The molecule has 13 heavy (non-hydrogen) atoms. The summed E-state index contributed by atoms with van der Waals surface area (Å²) < 4.78 is 0. The lowest BCUT2D eigenvalue weighted by Gasteiger charge is -2.21. The van der Waals surface area contributed by atoms with Gasteiger partial charge in [0.2, 0.25) is 0 Å². The molecule has 3 N–H and O–H groups in total. The van der Waals surface area contributed by atoms with Crippen LogP contribution in [0.2, 0.25) is 0 Å². The van der Waals surface area contributed by atoms with E-state index < -0.39 is 6.03 Å². The van der Waals surface area contributed by atoms with Gasteiger partial charge < -0.3 is 11.1 Å². The van der Waals surface area contributed by atoms with Crippen molar-refractivity contribution in [2.75, 3.05) is 0 Å². The molecule has 0 aliphatic carbocycles. The van der Waals surface area contributed by atoms with Gasteiger partial charge in [0, 0.05) is 6.04 Å². The van der Waals surface area contributed by atoms with E-state index >= 15 is 0 Å². The van der Waals surface area contributed by atoms with E-state index in [9.17, 15) is 4.79 Å². The largest absolute Gasteiger partial charge is 0.352 e. The number of carbonyl (C=O) groups excluding carboxylic acids is 1. The van der Waals surface area contributed by atoms with Crippen LogP contribution in [0.5, 0.6) is 0 Å². The second-order valence-corrected chi connectivity index (χ2v) is 4.46. The summed E-state index contributed by atoms with van der Waals surface area (Å²) in [7, 11) is 0. The molecule has 0 spiro atoms. The molecule has 0 aromatic carbocycles. The molecule has 0 radical (unpaired) electrons. The molecule has 2 amide bonds. The molecule has 0 aliphatic rings. The number of primary amides is 1. The van der Waals surface area contributed by atoms with Crippen LogP contribution < -0.4 is 11.1 Å². The second kappa shape index (κ2) is 5.84. The van der Waals surface area contributed by atoms with E-state index in [4.69, 9.17) is 5.73 Å². The summed E-state index contributed by atoms with van der Waals surface area (Å²) >= 11 is 0. The Bertz CT molecular complexity index is 145. The van der Waals surface area contributed by atoms with Gasteiger partial charge in [0.05, 0.1) is 0 Å². The lowest BCUT2D eigenvalue weighted by atomic mass is 9.96. The van der Waals surface area contributed by atoms with Crippen molar-refractivity contribution in [3.05, 3.63) is 0 Å². The zero-order chi connectivity index (χ0) is 10.4. The highest BCUT2D eigenvalue weighted by molar-refractivity contribution is 5.71. The van der Waals surface area contributed by atoms with Gasteiger partial charge in [-0.25, -0.2) is 4.79 Å². The molecule has 0 unspecified atom stereocenters. The molecule has 78 valence electrons. The summed E-state index contributed by atoms with van der Waals surface area (Å²) in [5, 5.41) is 2.78. The SMILES string of the molecule is CC(C)CC(CC(C)C)NC(N)=O. The van der Waals surface area contributed by atoms with Crippen LogP contribution in [0.1, 0.15) is 40.5 Å². The first-order chi connectivity index (χ1) is 5.91. The van der Waals surface area contributed by atoms with Gasteiger partial charge in [-0.1, -0.05) is 27.7 Å². The van der Waals surface area contributed by atoms with Gasteiger partial charge in [0.15, 0.2) is 0 Å². The van der Waals surface area contributed by atoms with Gasteiger partial charge in [-0.2, -0.15) is 0 Å². The van der Waals surface area contributed by atoms with Gasteiger partial charge >= 0.3 is 6.03 Å². The number of hydrogen-bond acceptors (Lipinski definition) is 1. The Labute approximate surface area is 81.1 Å². The van der Waals surface area contributed by atoms with Crippen molar-refractivity contribution in [1.29, 1.82) is 0 Å². The molecule has 0 rings (SSSR count). The van der Waals surface area contributed by atoms with Crippen LogP contribution in [0.25, 0.3) is 0 Å². The van der Waals surface area contributed by atoms with Crippen molar-refractivity contribution < 1.29 is 4.79 Å². The van der Waals surface area contributed by atoms with Crippen LogP contribution in [0.3, 0.4) is 0 Å². The summed E-state index contributed by atoms with van der Waals surface area (Å²) in [5.74, 6) is 1.19. The highest BCUT2D eigenvalue weighted by Gasteiger charge is 2.13. The van der Waals surface area contributed by atoms with Crippen LogP contribution in [0.15, 0.2) is 0 Å². The Morgan fingerprint density at radius 1 is 1.15 bits per heavy atom. The van der Waals surface area contributed by atoms with Crippen molar-refractivity contribution in [2.24, 2.45) is 17.6 Å². The summed E-state index contributed by atoms with van der Waals surface area (Å²) in [4.78, 5) is 10.7. The van der Waals surface area contributed by atoms with Crippen LogP contribution in [-0.2, 0) is 0 Å². The lowest BCUT2D eigenvalue weighted by Crippen LogP contribution is -2.40. The number of nitrogens with one attached hydrogen (secondary N) is 1. The maximum absolute atomic E-state index is 10.7. The number of hydrogen-bond donors (Lipinski definition) is 2. The van der Waals surface area contributed by atoms with Gasteiger partial charge in [-0.3, -0.25) is 0 Å². The number of carbonyl (C=O) groups is 1. The average Bonchev–Trinajstić information content (AvgIpc) is 1.80. The van der Waals surface area contributed by atoms with Crippen LogP contribution in [0.4, 0.5) is 4.79 Å². The summed E-state index contributed by atoms with van der Waals surface area (Å²) in [6.45, 7) is 8.60. The minimum Gasteiger partial charge on any atom is -0.352 e. The van der Waals surface area contributed by atoms with Crippen molar-refractivity contribution in [1.82, 2.24) is 5.32 Å². The quantitative estimate of drug-likeness (QED) is 0.679. The van der Waals surface area contributed by atoms with Crippen molar-refractivity contribution >= 4 is 6.03 Å². The Balaban J connectivity index is 3.95. The maximum atomic E-state index is 10.7. The molecule has 0 aromatic rings. The second-order valence-electron chi connectivity index (χ2n) is 4.46. The monoisotopic (exact) mass is 186 g/mol. The first-order valence-electron chi connectivity index (χ1n) is 4.97. The fourth-order valence-electron chi connectivity index (χ4n) is 1.55. The highest BCUT2D eigenvalue weighted by atomic mass is 16.2. The predicted molar refractivity (Wildman–Crippen MR) is 55.4 cm³/mol. The molecule has 0 bridgehead atoms. The minimum atomic E-state index is -0.411. The Morgan fingerprint density at radius 2 is 1.54 bits per heavy atom. The first kappa shape index (κ1) is 12.3. The standard InChI is InChI=1S/C10H22N2O/c1-7(2)5-9(6-8(3)4)12-10(11)13/h7-9H,5-6H2,1-4H3,(H3,11,12,13). The van der Waals surface area contributed by atoms with E-state index in [-0.39, 0.29) is 6.04 Å². The number of nitrogens with two attached hydrogens (primary N) is 1. The average molecular weight is 186 g/mol. The maximum Gasteiger partial charge on any atom is 0.312 e. The smallest absolute Gasteiger partial charge is 0.312 e. The van der Waals surface area contributed by atoms with Crippen molar-refractivity contribution in [2.45, 2.75) is 46.6 Å². The van der Waals surface area contributed by atoms with Crippen LogP contribution in [-0.4, -0.2) is 12.1 Å². The van der Waals surface area contributed by atoms with E-state index in [1.54, 1.807) is 0 Å². The summed E-state index contributed by atoms with van der Waals surface area (Å²) in [6.07, 6.45) is 2.00. The number of urea groups is 1. The molecule has 0 atom stereocenters. The van der Waals surface area contributed by atoms with Crippen molar-refractivity contribution in [3.8, 4) is 0 Å². The highest BCUT2D eigenvalue weighted by Crippen LogP contribution is 2.12. The molecule has 0 saturated carbocycles. The third kappa shape index (κ3) is 7.62. The predicted octanol–water partition coefficient (Wildman–Crippen LogP) is 2.12. The van der Waals surface area contributed by atoms with Gasteiger partial charge in [0.25, 0.3) is 0 Å². The molecule has 0 fully saturated rings. The Kier molecular flexibility index (Phi) is 5.51. The molecular weight excluding hydrogens is 164 g/mol. The fourth-order valence-corrected chi connectivity index (χ4v) is 1.55. The summed E-state index contributed by atoms with van der Waals surface area (Å²) in [5.41, 5.74) is 5.09. The molecule has 0 heterocycles. The topological polar surface area (TPSA) is 55.1 Å². The zero-order valence-corrected chi connectivity index (χ0v) is 9.13. The van der Waals surface area contributed by atoms with E-state index in [1.807, 2.05) is 0 Å². The third-order valence-corrected chi connectivity index (χ3v) is 1.86. The van der Waals surface area contributed by atoms with Gasteiger partial charge in [-0.05, 0) is 24.7 Å². The molecule has 3 heteroatoms. The van der Waals surface area contributed by atoms with Gasteiger partial charge in [0.1, 0.15) is 0 Å². The Hall–Kier alpha value is -0.730. The minimum absolute atomic E-state index is 0.234. The molecule has 0 saturated heterocycles. The molecule has 0 aliphatic heterocycles. The zero-order valence-electron chi connectivity index (χ0n) is 9.13. The first-order valence-corrected chi connectivity index (χ1v) is 4.97. The molecule has 3 nitrogen and oxygen atoms in total. The van der Waals surface area contributed by atoms with E-state index in [2.05, 4.69) is 33.0 Å². The van der Waals surface area contributed by atoms with Crippen LogP contribution in [0, 0.1) is 11.8 Å². The molecular formula is C10H22N2O. The van der Waals surface area contributed by atoms with Gasteiger partial charge in [-0.15, -0.1) is 0 Å². The summed E-state index contributed by atoms with van der Waals surface area (Å²) in [6, 6.07) is -0.177. The normalized spacial score (nSPS) is 11.3. The Morgan fingerprint density at radius 3 is 1.77 bits per heavy atom. The van der Waals surface area contributed by atoms with E-state index in [1.165, 1.54) is 0 Å². The van der Waals surface area contributed by atoms with Crippen molar-refractivity contribution in [3.63, 3.8) is 0 Å². The number of amides is 2. The van der Waals surface area contributed by atoms with Crippen LogP contribution >= 0.6 is 0 Å². The number of rotatable bonds is 5. The fraction of sp³-hybridized carbons (Fsp3) is 0.900. The lowest BCUT2D eigenvalue weighted by molar-refractivity contribution is 0.240. The van der Waals surface area contributed by atoms with E-state index in [0.717, 1.165) is 12.8 Å².